The summed E-state index contributed by atoms with van der Waals surface area (Å²) in [5, 5.41) is 8.89. The molecule has 4 nitrogen and oxygen atoms in total. The minimum Gasteiger partial charge on any atom is -0.481 e. The molecule has 1 saturated heterocycles. The topological polar surface area (TPSA) is 57.6 Å². The van der Waals surface area contributed by atoms with Crippen molar-refractivity contribution in [2.45, 2.75) is 38.5 Å². The van der Waals surface area contributed by atoms with Crippen LogP contribution in [0.25, 0.3) is 0 Å². The Bertz CT molecular complexity index is 368. The summed E-state index contributed by atoms with van der Waals surface area (Å²) in [4.78, 5) is 25.0. The van der Waals surface area contributed by atoms with Gasteiger partial charge in [-0.15, -0.1) is 0 Å². The third kappa shape index (κ3) is 2.13. The quantitative estimate of drug-likeness (QED) is 0.813. The van der Waals surface area contributed by atoms with Gasteiger partial charge in [-0.25, -0.2) is 0 Å². The largest absolute Gasteiger partial charge is 0.481 e. The number of carbonyl (C=O) groups excluding carboxylic acids is 1. The molecule has 2 aliphatic carbocycles. The number of rotatable bonds is 2. The second kappa shape index (κ2) is 4.56. The van der Waals surface area contributed by atoms with Crippen LogP contribution < -0.4 is 0 Å². The van der Waals surface area contributed by atoms with Gasteiger partial charge in [-0.05, 0) is 31.1 Å². The fraction of sp³-hybridized carbons (Fsp3) is 0.857. The van der Waals surface area contributed by atoms with Crippen LogP contribution in [-0.4, -0.2) is 35.0 Å². The van der Waals surface area contributed by atoms with Gasteiger partial charge in [0.25, 0.3) is 0 Å². The van der Waals surface area contributed by atoms with Gasteiger partial charge in [-0.2, -0.15) is 0 Å². The molecule has 3 fully saturated rings. The summed E-state index contributed by atoms with van der Waals surface area (Å²) in [6.45, 7) is 1.73. The Balaban J connectivity index is 1.57. The van der Waals surface area contributed by atoms with E-state index in [1.807, 2.05) is 4.90 Å². The van der Waals surface area contributed by atoms with Crippen molar-refractivity contribution >= 4 is 11.9 Å². The van der Waals surface area contributed by atoms with Crippen LogP contribution in [0, 0.1) is 23.7 Å². The number of hydrogen-bond donors (Lipinski definition) is 1. The van der Waals surface area contributed by atoms with Gasteiger partial charge in [0.05, 0.1) is 11.8 Å². The van der Waals surface area contributed by atoms with Gasteiger partial charge in [0, 0.05) is 13.1 Å². The number of amides is 1. The van der Waals surface area contributed by atoms with Gasteiger partial charge < -0.3 is 10.0 Å². The molecule has 18 heavy (non-hydrogen) atoms. The van der Waals surface area contributed by atoms with Gasteiger partial charge in [0.2, 0.25) is 5.91 Å². The highest BCUT2D eigenvalue weighted by Gasteiger charge is 2.50. The maximum Gasteiger partial charge on any atom is 0.307 e. The molecular weight excluding hydrogens is 230 g/mol. The Kier molecular flexibility index (Phi) is 3.04. The van der Waals surface area contributed by atoms with Crippen molar-refractivity contribution in [1.29, 1.82) is 0 Å². The van der Waals surface area contributed by atoms with E-state index >= 15 is 0 Å². The first-order chi connectivity index (χ1) is 8.66. The van der Waals surface area contributed by atoms with E-state index in [2.05, 4.69) is 0 Å². The number of carboxylic acid groups (broad SMARTS) is 1. The Morgan fingerprint density at radius 3 is 2.39 bits per heavy atom. The van der Waals surface area contributed by atoms with Gasteiger partial charge >= 0.3 is 5.97 Å². The molecule has 0 spiro atoms. The van der Waals surface area contributed by atoms with Crippen LogP contribution in [-0.2, 0) is 9.59 Å². The summed E-state index contributed by atoms with van der Waals surface area (Å²) in [5.74, 6) is 0.173. The van der Waals surface area contributed by atoms with Crippen molar-refractivity contribution in [3.8, 4) is 0 Å². The molecular formula is C14H21NO3. The monoisotopic (exact) mass is 251 g/mol. The van der Waals surface area contributed by atoms with Crippen LogP contribution in [0.1, 0.15) is 38.5 Å². The molecule has 100 valence electrons. The molecule has 4 atom stereocenters. The minimum atomic E-state index is -0.805. The van der Waals surface area contributed by atoms with Crippen LogP contribution >= 0.6 is 0 Å². The van der Waals surface area contributed by atoms with Gasteiger partial charge in [0.1, 0.15) is 0 Å². The summed E-state index contributed by atoms with van der Waals surface area (Å²) in [5.41, 5.74) is 0. The standard InChI is InChI=1S/C14H21NO3/c16-13(11-7-12(11)14(17)18)15-6-5-9-3-1-2-4-10(9)8-15/h9-12H,1-8H2,(H,17,18). The highest BCUT2D eigenvalue weighted by Crippen LogP contribution is 2.42. The van der Waals surface area contributed by atoms with Crippen molar-refractivity contribution in [1.82, 2.24) is 4.90 Å². The van der Waals surface area contributed by atoms with E-state index in [0.717, 1.165) is 25.4 Å². The Morgan fingerprint density at radius 2 is 1.72 bits per heavy atom. The van der Waals surface area contributed by atoms with E-state index in [4.69, 9.17) is 5.11 Å². The predicted molar refractivity (Wildman–Crippen MR) is 65.9 cm³/mol. The number of fused-ring (bicyclic) bond motifs is 1. The molecule has 4 unspecified atom stereocenters. The average Bonchev–Trinajstić information content (AvgIpc) is 3.17. The van der Waals surface area contributed by atoms with Crippen LogP contribution in [0.3, 0.4) is 0 Å². The minimum absolute atomic E-state index is 0.103. The maximum atomic E-state index is 12.2. The second-order valence-corrected chi connectivity index (χ2v) is 6.16. The van der Waals surface area contributed by atoms with Crippen molar-refractivity contribution in [3.05, 3.63) is 0 Å². The molecule has 1 amide bonds. The smallest absolute Gasteiger partial charge is 0.307 e. The molecule has 1 aliphatic heterocycles. The lowest BCUT2D eigenvalue weighted by atomic mass is 9.75. The van der Waals surface area contributed by atoms with E-state index in [1.165, 1.54) is 25.7 Å². The van der Waals surface area contributed by atoms with E-state index in [9.17, 15) is 9.59 Å². The normalized spacial score (nSPS) is 39.0. The van der Waals surface area contributed by atoms with E-state index in [0.29, 0.717) is 12.3 Å². The molecule has 3 rings (SSSR count). The number of carbonyl (C=O) groups is 2. The first-order valence-corrected chi connectivity index (χ1v) is 7.18. The zero-order valence-electron chi connectivity index (χ0n) is 10.7. The molecule has 1 N–H and O–H groups in total. The van der Waals surface area contributed by atoms with Crippen LogP contribution in [0.2, 0.25) is 0 Å². The molecule has 0 aromatic heterocycles. The Labute approximate surface area is 107 Å². The summed E-state index contributed by atoms with van der Waals surface area (Å²) in [7, 11) is 0. The molecule has 0 bridgehead atoms. The molecule has 1 heterocycles. The van der Waals surface area contributed by atoms with Crippen LogP contribution in [0.4, 0.5) is 0 Å². The SMILES string of the molecule is O=C(O)C1CC1C(=O)N1CCC2CCCCC2C1. The first-order valence-electron chi connectivity index (χ1n) is 7.18. The molecule has 0 aromatic carbocycles. The predicted octanol–water partition coefficient (Wildman–Crippen LogP) is 1.75. The number of carboxylic acids is 1. The third-order valence-corrected chi connectivity index (χ3v) is 5.03. The Hall–Kier alpha value is -1.06. The fourth-order valence-electron chi connectivity index (χ4n) is 3.78. The molecule has 0 radical (unpaired) electrons. The third-order valence-electron chi connectivity index (χ3n) is 5.03. The number of piperidine rings is 1. The first kappa shape index (κ1) is 12.0. The zero-order chi connectivity index (χ0) is 12.7. The molecule has 3 aliphatic rings. The highest BCUT2D eigenvalue weighted by molar-refractivity contribution is 5.89. The van der Waals surface area contributed by atoms with Gasteiger partial charge in [-0.3, -0.25) is 9.59 Å². The summed E-state index contributed by atoms with van der Waals surface area (Å²) in [6.07, 6.45) is 6.90. The van der Waals surface area contributed by atoms with Crippen LogP contribution in [0.5, 0.6) is 0 Å². The van der Waals surface area contributed by atoms with Crippen molar-refractivity contribution in [2.75, 3.05) is 13.1 Å². The average molecular weight is 251 g/mol. The Morgan fingerprint density at radius 1 is 1.00 bits per heavy atom. The molecule has 2 saturated carbocycles. The lowest BCUT2D eigenvalue weighted by Gasteiger charge is -2.41. The van der Waals surface area contributed by atoms with E-state index in [1.54, 1.807) is 0 Å². The summed E-state index contributed by atoms with van der Waals surface area (Å²) >= 11 is 0. The lowest BCUT2D eigenvalue weighted by Crippen LogP contribution is -2.45. The van der Waals surface area contributed by atoms with Crippen molar-refractivity contribution in [2.24, 2.45) is 23.7 Å². The zero-order valence-corrected chi connectivity index (χ0v) is 10.7. The molecule has 0 aromatic rings. The number of hydrogen-bond acceptors (Lipinski definition) is 2. The van der Waals surface area contributed by atoms with Gasteiger partial charge in [0.15, 0.2) is 0 Å². The number of likely N-dealkylation sites (tertiary alicyclic amines) is 1. The second-order valence-electron chi connectivity index (χ2n) is 6.16. The lowest BCUT2D eigenvalue weighted by molar-refractivity contribution is -0.143. The van der Waals surface area contributed by atoms with Crippen molar-refractivity contribution < 1.29 is 14.7 Å². The number of aliphatic carboxylic acids is 1. The van der Waals surface area contributed by atoms with Crippen molar-refractivity contribution in [3.63, 3.8) is 0 Å². The van der Waals surface area contributed by atoms with Crippen LogP contribution in [0.15, 0.2) is 0 Å². The summed E-state index contributed by atoms with van der Waals surface area (Å²) in [6, 6.07) is 0. The highest BCUT2D eigenvalue weighted by atomic mass is 16.4. The van der Waals surface area contributed by atoms with E-state index < -0.39 is 11.9 Å². The van der Waals surface area contributed by atoms with E-state index in [-0.39, 0.29) is 11.8 Å². The summed E-state index contributed by atoms with van der Waals surface area (Å²) < 4.78 is 0. The van der Waals surface area contributed by atoms with Gasteiger partial charge in [-0.1, -0.05) is 19.3 Å². The fourth-order valence-corrected chi connectivity index (χ4v) is 3.78. The maximum absolute atomic E-state index is 12.2. The molecule has 4 heteroatoms. The number of nitrogens with zero attached hydrogens (tertiary/aromatic N) is 1.